The smallest absolute Gasteiger partial charge is 0.116 e. The van der Waals surface area contributed by atoms with Gasteiger partial charge in [-0.05, 0) is 35.8 Å². The molecule has 134 valence electrons. The van der Waals surface area contributed by atoms with Gasteiger partial charge in [-0.15, -0.1) is 0 Å². The average molecular weight is 340 g/mol. The van der Waals surface area contributed by atoms with E-state index in [2.05, 4.69) is 46.0 Å². The van der Waals surface area contributed by atoms with Crippen molar-refractivity contribution < 1.29 is 0 Å². The van der Waals surface area contributed by atoms with Crippen molar-refractivity contribution in [3.05, 3.63) is 61.0 Å². The topological polar surface area (TPSA) is 89.6 Å². The van der Waals surface area contributed by atoms with E-state index in [0.29, 0.717) is 5.92 Å². The van der Waals surface area contributed by atoms with Gasteiger partial charge in [0.25, 0.3) is 0 Å². The van der Waals surface area contributed by atoms with Gasteiger partial charge in [0, 0.05) is 37.4 Å². The molecule has 0 radical (unpaired) electrons. The van der Waals surface area contributed by atoms with Gasteiger partial charge in [0.2, 0.25) is 0 Å². The minimum absolute atomic E-state index is 0.393. The van der Waals surface area contributed by atoms with Crippen molar-refractivity contribution in [1.82, 2.24) is 25.3 Å². The summed E-state index contributed by atoms with van der Waals surface area (Å²) in [6, 6.07) is 1.86. The Morgan fingerprint density at radius 1 is 1.20 bits per heavy atom. The van der Waals surface area contributed by atoms with Crippen LogP contribution >= 0.6 is 0 Å². The van der Waals surface area contributed by atoms with Crippen molar-refractivity contribution in [2.45, 2.75) is 33.6 Å². The van der Waals surface area contributed by atoms with E-state index in [0.717, 1.165) is 29.7 Å². The second-order valence-corrected chi connectivity index (χ2v) is 5.71. The van der Waals surface area contributed by atoms with Gasteiger partial charge in [-0.25, -0.2) is 19.9 Å². The maximum absolute atomic E-state index is 5.48. The zero-order valence-corrected chi connectivity index (χ0v) is 15.5. The van der Waals surface area contributed by atoms with Crippen molar-refractivity contribution in [3.8, 4) is 0 Å². The van der Waals surface area contributed by atoms with E-state index in [-0.39, 0.29) is 0 Å². The summed E-state index contributed by atoms with van der Waals surface area (Å²) in [6.45, 7) is 6.33. The first kappa shape index (κ1) is 20.3. The lowest BCUT2D eigenvalue weighted by Gasteiger charge is -2.08. The third kappa shape index (κ3) is 7.12. The molecule has 0 spiro atoms. The molecule has 25 heavy (non-hydrogen) atoms. The van der Waals surface area contributed by atoms with Crippen molar-refractivity contribution in [3.63, 3.8) is 0 Å². The molecule has 0 bridgehead atoms. The molecule has 0 aliphatic carbocycles. The van der Waals surface area contributed by atoms with Crippen LogP contribution in [0.25, 0.3) is 11.1 Å². The van der Waals surface area contributed by atoms with E-state index in [1.165, 1.54) is 11.9 Å². The summed E-state index contributed by atoms with van der Waals surface area (Å²) < 4.78 is 0. The molecule has 6 heteroatoms. The van der Waals surface area contributed by atoms with Gasteiger partial charge in [0.05, 0.1) is 5.69 Å². The van der Waals surface area contributed by atoms with E-state index in [9.17, 15) is 0 Å². The Morgan fingerprint density at radius 3 is 2.40 bits per heavy atom. The normalized spacial score (nSPS) is 11.7. The van der Waals surface area contributed by atoms with Crippen LogP contribution in [-0.4, -0.2) is 27.0 Å². The number of nitrogens with one attached hydrogen (secondary N) is 1. The van der Waals surface area contributed by atoms with Crippen LogP contribution < -0.4 is 11.1 Å². The average Bonchev–Trinajstić information content (AvgIpc) is 2.64. The zero-order valence-electron chi connectivity index (χ0n) is 15.5. The monoisotopic (exact) mass is 340 g/mol. The summed E-state index contributed by atoms with van der Waals surface area (Å²) in [4.78, 5) is 15.9. The Kier molecular flexibility index (Phi) is 9.51. The predicted octanol–water partition coefficient (Wildman–Crippen LogP) is 3.27. The molecule has 0 unspecified atom stereocenters. The molecule has 0 fully saturated rings. The van der Waals surface area contributed by atoms with Crippen molar-refractivity contribution >= 4 is 11.1 Å². The molecular weight excluding hydrogens is 312 g/mol. The number of rotatable bonds is 6. The van der Waals surface area contributed by atoms with Crippen LogP contribution in [0.1, 0.15) is 44.9 Å². The van der Waals surface area contributed by atoms with Crippen LogP contribution in [0.3, 0.4) is 0 Å². The summed E-state index contributed by atoms with van der Waals surface area (Å²) in [6.07, 6.45) is 14.3. The van der Waals surface area contributed by atoms with Crippen LogP contribution in [0.5, 0.6) is 0 Å². The Hall–Kier alpha value is -2.76. The highest BCUT2D eigenvalue weighted by molar-refractivity contribution is 5.63. The highest BCUT2D eigenvalue weighted by Gasteiger charge is 2.05. The lowest BCUT2D eigenvalue weighted by atomic mass is 10.0. The molecule has 2 rings (SSSR count). The van der Waals surface area contributed by atoms with Crippen molar-refractivity contribution in [2.75, 3.05) is 7.05 Å². The lowest BCUT2D eigenvalue weighted by molar-refractivity contribution is 0.844. The van der Waals surface area contributed by atoms with Crippen LogP contribution in [0.4, 0.5) is 0 Å². The minimum atomic E-state index is 0.393. The predicted molar refractivity (Wildman–Crippen MR) is 103 cm³/mol. The number of nitrogens with zero attached hydrogens (tertiary/aromatic N) is 4. The van der Waals surface area contributed by atoms with E-state index < -0.39 is 0 Å². The van der Waals surface area contributed by atoms with Crippen LogP contribution in [0.15, 0.2) is 49.7 Å². The molecule has 0 aliphatic heterocycles. The Bertz CT molecular complexity index is 650. The molecule has 0 saturated carbocycles. The van der Waals surface area contributed by atoms with E-state index in [4.69, 9.17) is 5.73 Å². The first-order valence-electron chi connectivity index (χ1n) is 8.43. The van der Waals surface area contributed by atoms with Crippen molar-refractivity contribution in [1.29, 1.82) is 0 Å². The first-order valence-corrected chi connectivity index (χ1v) is 8.43. The van der Waals surface area contributed by atoms with Crippen LogP contribution in [-0.2, 0) is 0 Å². The van der Waals surface area contributed by atoms with Crippen LogP contribution in [0.2, 0.25) is 0 Å². The molecule has 2 aromatic heterocycles. The number of nitrogens with two attached hydrogens (primary N) is 1. The highest BCUT2D eigenvalue weighted by atomic mass is 14.8. The second kappa shape index (κ2) is 11.7. The summed E-state index contributed by atoms with van der Waals surface area (Å²) >= 11 is 0. The van der Waals surface area contributed by atoms with E-state index in [1.807, 2.05) is 31.7 Å². The molecule has 0 aliphatic rings. The molecule has 2 heterocycles. The summed E-state index contributed by atoms with van der Waals surface area (Å²) in [5, 5.41) is 3.03. The summed E-state index contributed by atoms with van der Waals surface area (Å²) in [5.74, 6) is 0.393. The molecule has 0 amide bonds. The van der Waals surface area contributed by atoms with Gasteiger partial charge in [0.15, 0.2) is 0 Å². The second-order valence-electron chi connectivity index (χ2n) is 5.71. The third-order valence-corrected chi connectivity index (χ3v) is 3.45. The Balaban J connectivity index is 0.000000251. The fourth-order valence-electron chi connectivity index (χ4n) is 2.24. The first-order chi connectivity index (χ1) is 12.1. The van der Waals surface area contributed by atoms with Gasteiger partial charge in [-0.2, -0.15) is 0 Å². The molecule has 0 saturated heterocycles. The van der Waals surface area contributed by atoms with Gasteiger partial charge in [0.1, 0.15) is 12.7 Å². The highest BCUT2D eigenvalue weighted by Crippen LogP contribution is 2.18. The van der Waals surface area contributed by atoms with Gasteiger partial charge in [-0.3, -0.25) is 0 Å². The number of hydrogen-bond donors (Lipinski definition) is 2. The summed E-state index contributed by atoms with van der Waals surface area (Å²) in [5.41, 5.74) is 9.79. The van der Waals surface area contributed by atoms with Gasteiger partial charge in [-0.1, -0.05) is 27.2 Å². The maximum atomic E-state index is 5.48. The quantitative estimate of drug-likeness (QED) is 0.839. The van der Waals surface area contributed by atoms with E-state index in [1.54, 1.807) is 18.7 Å². The molecule has 0 atom stereocenters. The Morgan fingerprint density at radius 2 is 1.92 bits per heavy atom. The fourth-order valence-corrected chi connectivity index (χ4v) is 2.24. The number of allylic oxidation sites excluding steroid dienone is 2. The number of aromatic nitrogens is 4. The Labute approximate surface area is 150 Å². The number of hydrogen-bond acceptors (Lipinski definition) is 6. The molecule has 2 aromatic rings. The van der Waals surface area contributed by atoms with Gasteiger partial charge >= 0.3 is 0 Å². The minimum Gasteiger partial charge on any atom is -0.404 e. The largest absolute Gasteiger partial charge is 0.404 e. The van der Waals surface area contributed by atoms with E-state index >= 15 is 0 Å². The zero-order chi connectivity index (χ0) is 18.5. The lowest BCUT2D eigenvalue weighted by Crippen LogP contribution is -1.99. The molecule has 3 N–H and O–H groups in total. The molecule has 0 aromatic carbocycles. The fraction of sp³-hybridized carbons (Fsp3) is 0.368. The van der Waals surface area contributed by atoms with Crippen LogP contribution in [0, 0.1) is 5.92 Å². The standard InChI is InChI=1S/C10H15N3.C9H13N3/c1-3-4-9(5-11-2)10-6-12-8-13-7-10;1-7(2)8(5-10)9-3-4-11-6-12-9/h5-8,11H,3-4H2,1-2H3;3-7H,10H2,1-2H3/b9-5-;8-5-. The SMILES string of the molecule is CC(C)/C(=C/N)c1ccncn1.CCC/C(=C/NC)c1cncnc1. The molecule has 6 nitrogen and oxygen atoms in total. The maximum Gasteiger partial charge on any atom is 0.116 e. The molecular formula is C19H28N6. The van der Waals surface area contributed by atoms with Crippen molar-refractivity contribution in [2.24, 2.45) is 11.7 Å². The summed E-state index contributed by atoms with van der Waals surface area (Å²) in [7, 11) is 1.90. The van der Waals surface area contributed by atoms with Gasteiger partial charge < -0.3 is 11.1 Å². The third-order valence-electron chi connectivity index (χ3n) is 3.45.